The lowest BCUT2D eigenvalue weighted by molar-refractivity contribution is -0.116. The fraction of sp³-hybridized carbons (Fsp3) is 0.235. The van der Waals surface area contributed by atoms with Crippen LogP contribution in [0, 0.1) is 3.57 Å². The minimum Gasteiger partial charge on any atom is -0.492 e. The lowest BCUT2D eigenvalue weighted by atomic mass is 10.2. The molecule has 0 unspecified atom stereocenters. The van der Waals surface area contributed by atoms with Crippen molar-refractivity contribution in [3.8, 4) is 5.75 Å². The fourth-order valence-corrected chi connectivity index (χ4v) is 2.31. The van der Waals surface area contributed by atoms with Crippen LogP contribution in [0.4, 0.5) is 11.4 Å². The second kappa shape index (κ2) is 8.03. The van der Waals surface area contributed by atoms with Gasteiger partial charge in [0.2, 0.25) is 5.91 Å². The maximum absolute atomic E-state index is 12.3. The number of carbonyl (C=O) groups is 1. The van der Waals surface area contributed by atoms with E-state index in [0.717, 1.165) is 9.26 Å². The lowest BCUT2D eigenvalue weighted by Gasteiger charge is -2.17. The van der Waals surface area contributed by atoms with Crippen molar-refractivity contribution >= 4 is 39.9 Å². The number of rotatable bonds is 6. The van der Waals surface area contributed by atoms with E-state index in [0.29, 0.717) is 18.0 Å². The van der Waals surface area contributed by atoms with Gasteiger partial charge in [-0.25, -0.2) is 0 Å². The van der Waals surface area contributed by atoms with Gasteiger partial charge in [-0.05, 0) is 72.8 Å². The van der Waals surface area contributed by atoms with E-state index in [4.69, 9.17) is 4.74 Å². The highest BCUT2D eigenvalue weighted by Crippen LogP contribution is 2.24. The third-order valence-electron chi connectivity index (χ3n) is 3.07. The molecule has 0 aliphatic rings. The number of para-hydroxylation sites is 2. The van der Waals surface area contributed by atoms with E-state index in [1.165, 1.54) is 0 Å². The summed E-state index contributed by atoms with van der Waals surface area (Å²) in [5.74, 6) is 0.575. The number of nitrogens with one attached hydrogen (secondary N) is 2. The van der Waals surface area contributed by atoms with Crippen molar-refractivity contribution in [2.45, 2.75) is 19.9 Å². The van der Waals surface area contributed by atoms with Gasteiger partial charge in [0.05, 0.1) is 12.3 Å². The predicted octanol–water partition coefficient (Wildman–Crippen LogP) is 4.13. The van der Waals surface area contributed by atoms with Crippen LogP contribution in [-0.4, -0.2) is 18.6 Å². The molecule has 0 aromatic heterocycles. The molecule has 0 spiro atoms. The first-order chi connectivity index (χ1) is 10.6. The number of benzene rings is 2. The van der Waals surface area contributed by atoms with Crippen molar-refractivity contribution < 1.29 is 9.53 Å². The Balaban J connectivity index is 2.01. The van der Waals surface area contributed by atoms with Crippen molar-refractivity contribution in [1.82, 2.24) is 0 Å². The summed E-state index contributed by atoms with van der Waals surface area (Å²) in [5.41, 5.74) is 1.60. The minimum absolute atomic E-state index is 0.106. The zero-order valence-corrected chi connectivity index (χ0v) is 14.8. The maximum atomic E-state index is 12.3. The molecule has 0 aliphatic carbocycles. The third kappa shape index (κ3) is 4.62. The Morgan fingerprint density at radius 3 is 2.55 bits per heavy atom. The van der Waals surface area contributed by atoms with Crippen LogP contribution in [0.2, 0.25) is 0 Å². The molecule has 0 fully saturated rings. The number of hydrogen-bond donors (Lipinski definition) is 2. The van der Waals surface area contributed by atoms with Crippen LogP contribution in [0.5, 0.6) is 5.75 Å². The first kappa shape index (κ1) is 16.6. The van der Waals surface area contributed by atoms with Crippen molar-refractivity contribution in [2.75, 3.05) is 17.2 Å². The van der Waals surface area contributed by atoms with Crippen LogP contribution in [0.1, 0.15) is 13.8 Å². The minimum atomic E-state index is -0.352. The van der Waals surface area contributed by atoms with Crippen molar-refractivity contribution in [1.29, 1.82) is 0 Å². The van der Waals surface area contributed by atoms with Crippen LogP contribution in [0.3, 0.4) is 0 Å². The van der Waals surface area contributed by atoms with E-state index < -0.39 is 0 Å². The number of halogens is 1. The lowest BCUT2D eigenvalue weighted by Crippen LogP contribution is -2.32. The summed E-state index contributed by atoms with van der Waals surface area (Å²) in [6.07, 6.45) is 0. The molecule has 0 heterocycles. The summed E-state index contributed by atoms with van der Waals surface area (Å²) in [7, 11) is 0. The van der Waals surface area contributed by atoms with Gasteiger partial charge in [-0.3, -0.25) is 4.79 Å². The van der Waals surface area contributed by atoms with E-state index in [1.807, 2.05) is 62.4 Å². The Bertz CT molecular complexity index is 629. The second-order valence-corrected chi connectivity index (χ2v) is 6.04. The van der Waals surface area contributed by atoms with Crippen molar-refractivity contribution in [3.63, 3.8) is 0 Å². The Morgan fingerprint density at radius 2 is 1.86 bits per heavy atom. The van der Waals surface area contributed by atoms with Gasteiger partial charge in [-0.2, -0.15) is 0 Å². The number of hydrogen-bond acceptors (Lipinski definition) is 3. The highest BCUT2D eigenvalue weighted by atomic mass is 127. The molecule has 2 aromatic rings. The monoisotopic (exact) mass is 410 g/mol. The average molecular weight is 410 g/mol. The van der Waals surface area contributed by atoms with E-state index >= 15 is 0 Å². The average Bonchev–Trinajstić information content (AvgIpc) is 2.51. The zero-order chi connectivity index (χ0) is 15.9. The molecule has 0 bridgehead atoms. The normalized spacial score (nSPS) is 11.6. The van der Waals surface area contributed by atoms with Crippen LogP contribution >= 0.6 is 22.6 Å². The molecular formula is C17H19IN2O2. The molecule has 22 heavy (non-hydrogen) atoms. The smallest absolute Gasteiger partial charge is 0.246 e. The standard InChI is InChI=1S/C17H19IN2O2/c1-3-22-16-7-5-4-6-15(16)20-17(21)12(2)19-14-10-8-13(18)9-11-14/h4-12,19H,3H2,1-2H3,(H,20,21)/t12-/m0/s1. The number of amides is 1. The molecular weight excluding hydrogens is 391 g/mol. The molecule has 0 saturated heterocycles. The Morgan fingerprint density at radius 1 is 1.18 bits per heavy atom. The summed E-state index contributed by atoms with van der Waals surface area (Å²) < 4.78 is 6.67. The Hall–Kier alpha value is -1.76. The van der Waals surface area contributed by atoms with E-state index in [9.17, 15) is 4.79 Å². The first-order valence-corrected chi connectivity index (χ1v) is 8.23. The Kier molecular flexibility index (Phi) is 6.06. The van der Waals surface area contributed by atoms with Crippen LogP contribution in [-0.2, 0) is 4.79 Å². The van der Waals surface area contributed by atoms with E-state index in [2.05, 4.69) is 33.2 Å². The molecule has 4 nitrogen and oxygen atoms in total. The van der Waals surface area contributed by atoms with Gasteiger partial charge < -0.3 is 15.4 Å². The molecule has 0 saturated carbocycles. The second-order valence-electron chi connectivity index (χ2n) is 4.79. The highest BCUT2D eigenvalue weighted by Gasteiger charge is 2.14. The van der Waals surface area contributed by atoms with E-state index in [-0.39, 0.29) is 11.9 Å². The first-order valence-electron chi connectivity index (χ1n) is 7.15. The SMILES string of the molecule is CCOc1ccccc1NC(=O)[C@H](C)Nc1ccc(I)cc1. The molecule has 0 aliphatic heterocycles. The molecule has 1 atom stereocenters. The van der Waals surface area contributed by atoms with Crippen LogP contribution < -0.4 is 15.4 Å². The number of anilines is 2. The molecule has 2 rings (SSSR count). The molecule has 1 amide bonds. The zero-order valence-electron chi connectivity index (χ0n) is 12.6. The van der Waals surface area contributed by atoms with Gasteiger partial charge in [-0.1, -0.05) is 12.1 Å². The quantitative estimate of drug-likeness (QED) is 0.705. The molecule has 2 N–H and O–H groups in total. The topological polar surface area (TPSA) is 50.4 Å². The van der Waals surface area contributed by atoms with E-state index in [1.54, 1.807) is 0 Å². The fourth-order valence-electron chi connectivity index (χ4n) is 1.95. The van der Waals surface area contributed by atoms with Gasteiger partial charge in [0.25, 0.3) is 0 Å². The summed E-state index contributed by atoms with van der Waals surface area (Å²) >= 11 is 2.25. The summed E-state index contributed by atoms with van der Waals surface area (Å²) in [4.78, 5) is 12.3. The predicted molar refractivity (Wildman–Crippen MR) is 98.5 cm³/mol. The van der Waals surface area contributed by atoms with Crippen LogP contribution in [0.25, 0.3) is 0 Å². The van der Waals surface area contributed by atoms with Crippen LogP contribution in [0.15, 0.2) is 48.5 Å². The summed E-state index contributed by atoms with van der Waals surface area (Å²) in [6.45, 7) is 4.31. The maximum Gasteiger partial charge on any atom is 0.246 e. The van der Waals surface area contributed by atoms with Crippen molar-refractivity contribution in [2.24, 2.45) is 0 Å². The number of carbonyl (C=O) groups excluding carboxylic acids is 1. The van der Waals surface area contributed by atoms with Crippen molar-refractivity contribution in [3.05, 3.63) is 52.1 Å². The Labute approximate surface area is 144 Å². The van der Waals surface area contributed by atoms with Gasteiger partial charge in [0.15, 0.2) is 0 Å². The molecule has 5 heteroatoms. The van der Waals surface area contributed by atoms with Gasteiger partial charge >= 0.3 is 0 Å². The largest absolute Gasteiger partial charge is 0.492 e. The third-order valence-corrected chi connectivity index (χ3v) is 3.78. The molecule has 2 aromatic carbocycles. The number of ether oxygens (including phenoxy) is 1. The molecule has 0 radical (unpaired) electrons. The van der Waals surface area contributed by atoms with Gasteiger partial charge in [0, 0.05) is 9.26 Å². The highest BCUT2D eigenvalue weighted by molar-refractivity contribution is 14.1. The van der Waals surface area contributed by atoms with Gasteiger partial charge in [0.1, 0.15) is 11.8 Å². The summed E-state index contributed by atoms with van der Waals surface area (Å²) in [6, 6.07) is 15.0. The molecule has 116 valence electrons. The summed E-state index contributed by atoms with van der Waals surface area (Å²) in [5, 5.41) is 6.08. The van der Waals surface area contributed by atoms with Gasteiger partial charge in [-0.15, -0.1) is 0 Å².